The van der Waals surface area contributed by atoms with E-state index in [1.165, 1.54) is 5.19 Å². The lowest BCUT2D eigenvalue weighted by atomic mass is 9.95. The van der Waals surface area contributed by atoms with Crippen molar-refractivity contribution in [2.45, 2.75) is 58.2 Å². The fourth-order valence-electron chi connectivity index (χ4n) is 2.71. The van der Waals surface area contributed by atoms with Crippen molar-refractivity contribution in [3.63, 3.8) is 0 Å². The van der Waals surface area contributed by atoms with Crippen LogP contribution in [0.1, 0.15) is 52.0 Å². The molecule has 0 heterocycles. The Hall–Kier alpha value is -1.60. The molecule has 0 saturated carbocycles. The third-order valence-electron chi connectivity index (χ3n) is 3.84. The van der Waals surface area contributed by atoms with Crippen LogP contribution in [0.15, 0.2) is 49.6 Å². The van der Waals surface area contributed by atoms with Crippen LogP contribution in [-0.2, 0) is 4.43 Å². The number of aliphatic hydroxyl groups is 1. The van der Waals surface area contributed by atoms with E-state index < -0.39 is 15.4 Å². The van der Waals surface area contributed by atoms with Crippen LogP contribution in [0.3, 0.4) is 0 Å². The molecule has 0 spiro atoms. The molecule has 1 rings (SSSR count). The average molecular weight is 357 g/mol. The van der Waals surface area contributed by atoms with Gasteiger partial charge in [-0.15, -0.1) is 13.2 Å². The van der Waals surface area contributed by atoms with Crippen molar-refractivity contribution in [3.8, 4) is 11.8 Å². The predicted octanol–water partition coefficient (Wildman–Crippen LogP) is 3.47. The molecule has 1 aromatic carbocycles. The van der Waals surface area contributed by atoms with Crippen molar-refractivity contribution < 1.29 is 9.53 Å². The monoisotopic (exact) mass is 356 g/mol. The number of allylic oxidation sites excluding steroid dienone is 1. The van der Waals surface area contributed by atoms with E-state index in [0.717, 1.165) is 24.8 Å². The highest BCUT2D eigenvalue weighted by Crippen LogP contribution is 2.15. The lowest BCUT2D eigenvalue weighted by molar-refractivity contribution is 0.0976. The number of hydrogen-bond acceptors (Lipinski definition) is 2. The van der Waals surface area contributed by atoms with Gasteiger partial charge in [-0.1, -0.05) is 50.0 Å². The smallest absolute Gasteiger partial charge is 0.192 e. The minimum Gasteiger partial charge on any atom is -0.415 e. The fraction of sp³-hybridized carbons (Fsp3) is 0.455. The molecule has 1 N–H and O–H groups in total. The standard InChI is InChI=1S/C22H32O2Si/c1-6-8-10-20(9-7-2)24-25-21-13-11-19(12-14-21)15-16-22(5,23)17-18(3)4/h6-7,11-14,18,20,23H,1-2,8-10,17,25H2,3-5H3. The Morgan fingerprint density at radius 1 is 1.24 bits per heavy atom. The van der Waals surface area contributed by atoms with Gasteiger partial charge in [0, 0.05) is 11.7 Å². The van der Waals surface area contributed by atoms with Crippen LogP contribution in [0.25, 0.3) is 0 Å². The predicted molar refractivity (Wildman–Crippen MR) is 111 cm³/mol. The zero-order valence-corrected chi connectivity index (χ0v) is 17.3. The number of benzene rings is 1. The summed E-state index contributed by atoms with van der Waals surface area (Å²) in [7, 11) is -0.759. The largest absolute Gasteiger partial charge is 0.415 e. The minimum atomic E-state index is -0.937. The molecule has 0 amide bonds. The lowest BCUT2D eigenvalue weighted by Gasteiger charge is -2.18. The molecule has 25 heavy (non-hydrogen) atoms. The molecule has 136 valence electrons. The highest BCUT2D eigenvalue weighted by Gasteiger charge is 2.18. The SMILES string of the molecule is C=CCCC(CC=C)O[SiH2]c1ccc(C#CC(C)(O)CC(C)C)cc1. The van der Waals surface area contributed by atoms with E-state index in [0.29, 0.717) is 12.3 Å². The molecule has 0 aromatic heterocycles. The van der Waals surface area contributed by atoms with E-state index in [-0.39, 0.29) is 6.10 Å². The quantitative estimate of drug-likeness (QED) is 0.395. The highest BCUT2D eigenvalue weighted by atomic mass is 28.2. The maximum absolute atomic E-state index is 10.3. The summed E-state index contributed by atoms with van der Waals surface area (Å²) in [6.07, 6.45) is 7.62. The molecular formula is C22H32O2Si. The molecule has 0 aliphatic rings. The molecule has 0 bridgehead atoms. The molecule has 0 saturated heterocycles. The van der Waals surface area contributed by atoms with E-state index >= 15 is 0 Å². The number of hydrogen-bond donors (Lipinski definition) is 1. The molecule has 3 heteroatoms. The second kappa shape index (κ2) is 11.1. The van der Waals surface area contributed by atoms with Gasteiger partial charge in [0.05, 0.1) is 0 Å². The molecule has 0 fully saturated rings. The van der Waals surface area contributed by atoms with Crippen molar-refractivity contribution in [3.05, 3.63) is 55.1 Å². The van der Waals surface area contributed by atoms with Crippen molar-refractivity contribution >= 4 is 14.9 Å². The zero-order chi connectivity index (χ0) is 18.7. The van der Waals surface area contributed by atoms with Crippen molar-refractivity contribution in [2.75, 3.05) is 0 Å². The summed E-state index contributed by atoms with van der Waals surface area (Å²) in [4.78, 5) is 0. The van der Waals surface area contributed by atoms with E-state index in [2.05, 4.69) is 51.0 Å². The van der Waals surface area contributed by atoms with Gasteiger partial charge < -0.3 is 9.53 Å². The van der Waals surface area contributed by atoms with Gasteiger partial charge in [-0.2, -0.15) is 0 Å². The van der Waals surface area contributed by atoms with Gasteiger partial charge in [-0.3, -0.25) is 0 Å². The molecule has 0 radical (unpaired) electrons. The Morgan fingerprint density at radius 2 is 1.92 bits per heavy atom. The van der Waals surface area contributed by atoms with E-state index in [1.807, 2.05) is 24.3 Å². The summed E-state index contributed by atoms with van der Waals surface area (Å²) in [6.45, 7) is 13.5. The van der Waals surface area contributed by atoms with Gasteiger partial charge in [-0.25, -0.2) is 0 Å². The Bertz CT molecular complexity index is 591. The Morgan fingerprint density at radius 3 is 2.48 bits per heavy atom. The van der Waals surface area contributed by atoms with E-state index in [9.17, 15) is 5.11 Å². The van der Waals surface area contributed by atoms with Gasteiger partial charge in [0.15, 0.2) is 9.76 Å². The second-order valence-corrected chi connectivity index (χ2v) is 8.58. The van der Waals surface area contributed by atoms with Crippen LogP contribution >= 0.6 is 0 Å². The molecule has 2 nitrogen and oxygen atoms in total. The molecular weight excluding hydrogens is 324 g/mol. The summed E-state index contributed by atoms with van der Waals surface area (Å²) in [6, 6.07) is 8.20. The van der Waals surface area contributed by atoms with Gasteiger partial charge in [0.25, 0.3) is 0 Å². The highest BCUT2D eigenvalue weighted by molar-refractivity contribution is 6.46. The van der Waals surface area contributed by atoms with E-state index in [1.54, 1.807) is 6.92 Å². The van der Waals surface area contributed by atoms with Crippen LogP contribution in [0, 0.1) is 17.8 Å². The van der Waals surface area contributed by atoms with Crippen LogP contribution in [-0.4, -0.2) is 26.6 Å². The molecule has 2 unspecified atom stereocenters. The first-order valence-corrected chi connectivity index (χ1v) is 10.3. The first-order chi connectivity index (χ1) is 11.9. The summed E-state index contributed by atoms with van der Waals surface area (Å²) < 4.78 is 6.11. The van der Waals surface area contributed by atoms with Gasteiger partial charge in [-0.05, 0) is 55.8 Å². The Kier molecular flexibility index (Phi) is 9.52. The maximum atomic E-state index is 10.3. The zero-order valence-electron chi connectivity index (χ0n) is 15.9. The average Bonchev–Trinajstić information content (AvgIpc) is 2.55. The normalized spacial score (nSPS) is 14.8. The first kappa shape index (κ1) is 21.4. The number of rotatable bonds is 10. The van der Waals surface area contributed by atoms with Crippen LogP contribution < -0.4 is 5.19 Å². The van der Waals surface area contributed by atoms with Crippen LogP contribution in [0.5, 0.6) is 0 Å². The van der Waals surface area contributed by atoms with Crippen molar-refractivity contribution in [1.82, 2.24) is 0 Å². The lowest BCUT2D eigenvalue weighted by Crippen LogP contribution is -2.24. The first-order valence-electron chi connectivity index (χ1n) is 9.04. The summed E-state index contributed by atoms with van der Waals surface area (Å²) >= 11 is 0. The van der Waals surface area contributed by atoms with Gasteiger partial charge >= 0.3 is 0 Å². The Labute approximate surface area is 155 Å². The summed E-state index contributed by atoms with van der Waals surface area (Å²) in [5.74, 6) is 6.48. The Balaban J connectivity index is 2.61. The molecule has 1 aromatic rings. The third kappa shape index (κ3) is 9.45. The minimum absolute atomic E-state index is 0.243. The molecule has 2 atom stereocenters. The van der Waals surface area contributed by atoms with Crippen molar-refractivity contribution in [1.29, 1.82) is 0 Å². The van der Waals surface area contributed by atoms with Crippen molar-refractivity contribution in [2.24, 2.45) is 5.92 Å². The van der Waals surface area contributed by atoms with Gasteiger partial charge in [0.1, 0.15) is 5.60 Å². The molecule has 0 aliphatic heterocycles. The van der Waals surface area contributed by atoms with E-state index in [4.69, 9.17) is 4.43 Å². The fourth-order valence-corrected chi connectivity index (χ4v) is 3.87. The van der Waals surface area contributed by atoms with Crippen LogP contribution in [0.4, 0.5) is 0 Å². The summed E-state index contributed by atoms with van der Waals surface area (Å²) in [5.41, 5.74) is -0.00982. The third-order valence-corrected chi connectivity index (χ3v) is 5.29. The summed E-state index contributed by atoms with van der Waals surface area (Å²) in [5, 5.41) is 11.5. The van der Waals surface area contributed by atoms with Gasteiger partial charge in [0.2, 0.25) is 0 Å². The van der Waals surface area contributed by atoms with Crippen LogP contribution in [0.2, 0.25) is 0 Å². The molecule has 0 aliphatic carbocycles. The topological polar surface area (TPSA) is 29.5 Å². The second-order valence-electron chi connectivity index (χ2n) is 7.14. The maximum Gasteiger partial charge on any atom is 0.192 e.